The van der Waals surface area contributed by atoms with Gasteiger partial charge in [-0.05, 0) is 36.3 Å². The number of hydrogen-bond acceptors (Lipinski definition) is 5. The maximum atomic E-state index is 13.8. The van der Waals surface area contributed by atoms with Crippen LogP contribution in [-0.4, -0.2) is 47.3 Å². The third-order valence-corrected chi connectivity index (χ3v) is 5.47. The quantitative estimate of drug-likeness (QED) is 0.334. The van der Waals surface area contributed by atoms with Gasteiger partial charge in [0, 0.05) is 25.2 Å². The van der Waals surface area contributed by atoms with Gasteiger partial charge >= 0.3 is 5.97 Å². The van der Waals surface area contributed by atoms with Crippen molar-refractivity contribution in [2.24, 2.45) is 0 Å². The van der Waals surface area contributed by atoms with Crippen molar-refractivity contribution < 1.29 is 23.5 Å². The zero-order valence-electron chi connectivity index (χ0n) is 19.1. The standard InChI is InChI=1S/C25H25ClFN3O4/c1-17-20(25(26)30(28-17)15-18-7-5-4-6-8-18)10-12-24(32)34-16-23(31)29(2)14-19-9-11-22(33-3)21(27)13-19/h4-13H,14-16H2,1-3H3/b12-10+. The van der Waals surface area contributed by atoms with Crippen LogP contribution >= 0.6 is 11.6 Å². The van der Waals surface area contributed by atoms with Crippen LogP contribution in [0.5, 0.6) is 5.75 Å². The predicted molar refractivity (Wildman–Crippen MR) is 127 cm³/mol. The lowest BCUT2D eigenvalue weighted by atomic mass is 10.2. The summed E-state index contributed by atoms with van der Waals surface area (Å²) < 4.78 is 25.4. The first-order valence-corrected chi connectivity index (χ1v) is 10.8. The molecular weight excluding hydrogens is 461 g/mol. The van der Waals surface area contributed by atoms with E-state index in [2.05, 4.69) is 5.10 Å². The van der Waals surface area contributed by atoms with E-state index < -0.39 is 24.3 Å². The van der Waals surface area contributed by atoms with Crippen molar-refractivity contribution in [3.8, 4) is 5.75 Å². The summed E-state index contributed by atoms with van der Waals surface area (Å²) in [6.07, 6.45) is 2.72. The smallest absolute Gasteiger partial charge is 0.331 e. The Morgan fingerprint density at radius 2 is 1.91 bits per heavy atom. The zero-order valence-corrected chi connectivity index (χ0v) is 19.9. The van der Waals surface area contributed by atoms with Crippen molar-refractivity contribution in [2.75, 3.05) is 20.8 Å². The Morgan fingerprint density at radius 1 is 1.18 bits per heavy atom. The molecule has 0 atom stereocenters. The third-order valence-electron chi connectivity index (χ3n) is 5.07. The summed E-state index contributed by atoms with van der Waals surface area (Å²) in [5.74, 6) is -1.51. The van der Waals surface area contributed by atoms with E-state index in [4.69, 9.17) is 21.1 Å². The summed E-state index contributed by atoms with van der Waals surface area (Å²) in [7, 11) is 2.92. The van der Waals surface area contributed by atoms with Crippen molar-refractivity contribution in [2.45, 2.75) is 20.0 Å². The lowest BCUT2D eigenvalue weighted by Gasteiger charge is -2.17. The van der Waals surface area contributed by atoms with Gasteiger partial charge in [0.05, 0.1) is 19.3 Å². The second-order valence-corrected chi connectivity index (χ2v) is 7.95. The molecule has 0 spiro atoms. The summed E-state index contributed by atoms with van der Waals surface area (Å²) in [6, 6.07) is 14.2. The van der Waals surface area contributed by atoms with Gasteiger partial charge in [0.25, 0.3) is 5.91 Å². The Balaban J connectivity index is 1.53. The number of hydrogen-bond donors (Lipinski definition) is 0. The largest absolute Gasteiger partial charge is 0.494 e. The van der Waals surface area contributed by atoms with E-state index >= 15 is 0 Å². The Labute approximate surface area is 202 Å². The van der Waals surface area contributed by atoms with Gasteiger partial charge in [-0.25, -0.2) is 13.9 Å². The number of carbonyl (C=O) groups excluding carboxylic acids is 2. The number of methoxy groups -OCH3 is 1. The van der Waals surface area contributed by atoms with Crippen molar-refractivity contribution in [1.82, 2.24) is 14.7 Å². The van der Waals surface area contributed by atoms with Crippen molar-refractivity contribution in [3.63, 3.8) is 0 Å². The lowest BCUT2D eigenvalue weighted by molar-refractivity contribution is -0.147. The van der Waals surface area contributed by atoms with Crippen LogP contribution in [0.4, 0.5) is 4.39 Å². The molecule has 178 valence electrons. The number of benzene rings is 2. The summed E-state index contributed by atoms with van der Waals surface area (Å²) in [4.78, 5) is 25.8. The van der Waals surface area contributed by atoms with Gasteiger partial charge < -0.3 is 14.4 Å². The molecule has 0 saturated carbocycles. The maximum Gasteiger partial charge on any atom is 0.331 e. The normalized spacial score (nSPS) is 11.0. The van der Waals surface area contributed by atoms with Gasteiger partial charge in [-0.1, -0.05) is 48.0 Å². The van der Waals surface area contributed by atoms with Crippen molar-refractivity contribution in [3.05, 3.63) is 88.0 Å². The van der Waals surface area contributed by atoms with Crippen LogP contribution in [0.2, 0.25) is 5.15 Å². The number of likely N-dealkylation sites (N-methyl/N-ethyl adjacent to an activating group) is 1. The molecule has 1 aromatic heterocycles. The van der Waals surface area contributed by atoms with E-state index in [1.165, 1.54) is 36.3 Å². The summed E-state index contributed by atoms with van der Waals surface area (Å²) in [6.45, 7) is 2.00. The third kappa shape index (κ3) is 6.45. The number of rotatable bonds is 9. The molecule has 0 aliphatic rings. The molecule has 3 rings (SSSR count). The molecule has 1 amide bonds. The van der Waals surface area contributed by atoms with Crippen molar-refractivity contribution in [1.29, 1.82) is 0 Å². The van der Waals surface area contributed by atoms with Gasteiger partial charge in [0.2, 0.25) is 0 Å². The highest BCUT2D eigenvalue weighted by Crippen LogP contribution is 2.22. The van der Waals surface area contributed by atoms with Crippen LogP contribution in [0.3, 0.4) is 0 Å². The Bertz CT molecular complexity index is 1190. The minimum absolute atomic E-state index is 0.124. The monoisotopic (exact) mass is 485 g/mol. The van der Waals surface area contributed by atoms with E-state index in [0.29, 0.717) is 28.5 Å². The molecule has 34 heavy (non-hydrogen) atoms. The molecule has 0 radical (unpaired) electrons. The minimum atomic E-state index is -0.691. The number of esters is 1. The molecule has 0 bridgehead atoms. The molecule has 0 aliphatic heterocycles. The molecule has 3 aromatic rings. The number of nitrogens with zero attached hydrogens (tertiary/aromatic N) is 3. The molecule has 0 aliphatic carbocycles. The molecule has 0 saturated heterocycles. The summed E-state index contributed by atoms with van der Waals surface area (Å²) in [5.41, 5.74) is 2.88. The second-order valence-electron chi connectivity index (χ2n) is 7.59. The molecule has 9 heteroatoms. The van der Waals surface area contributed by atoms with E-state index in [1.54, 1.807) is 24.7 Å². The number of aromatic nitrogens is 2. The number of aryl methyl sites for hydroxylation is 1. The number of ether oxygens (including phenoxy) is 2. The fourth-order valence-corrected chi connectivity index (χ4v) is 3.53. The Hall–Kier alpha value is -3.65. The number of carbonyl (C=O) groups is 2. The fraction of sp³-hybridized carbons (Fsp3) is 0.240. The van der Waals surface area contributed by atoms with Crippen LogP contribution < -0.4 is 4.74 Å². The SMILES string of the molecule is COc1ccc(CN(C)C(=O)COC(=O)/C=C/c2c(C)nn(Cc3ccccc3)c2Cl)cc1F. The van der Waals surface area contributed by atoms with Gasteiger partial charge in [0.1, 0.15) is 5.15 Å². The molecular formula is C25H25ClFN3O4. The highest BCUT2D eigenvalue weighted by atomic mass is 35.5. The highest BCUT2D eigenvalue weighted by molar-refractivity contribution is 6.31. The maximum absolute atomic E-state index is 13.8. The van der Waals surface area contributed by atoms with Crippen LogP contribution in [0.15, 0.2) is 54.6 Å². The molecule has 0 N–H and O–H groups in total. The van der Waals surface area contributed by atoms with E-state index in [1.807, 2.05) is 30.3 Å². The number of amides is 1. The minimum Gasteiger partial charge on any atom is -0.494 e. The molecule has 0 unspecified atom stereocenters. The molecule has 7 nitrogen and oxygen atoms in total. The van der Waals surface area contributed by atoms with Gasteiger partial charge in [-0.15, -0.1) is 0 Å². The van der Waals surface area contributed by atoms with Crippen LogP contribution in [0.1, 0.15) is 22.4 Å². The number of halogens is 2. The zero-order chi connectivity index (χ0) is 24.7. The molecule has 2 aromatic carbocycles. The fourth-order valence-electron chi connectivity index (χ4n) is 3.23. The topological polar surface area (TPSA) is 73.7 Å². The highest BCUT2D eigenvalue weighted by Gasteiger charge is 2.14. The van der Waals surface area contributed by atoms with E-state index in [9.17, 15) is 14.0 Å². The van der Waals surface area contributed by atoms with Crippen LogP contribution in [-0.2, 0) is 27.4 Å². The van der Waals surface area contributed by atoms with Crippen LogP contribution in [0, 0.1) is 12.7 Å². The van der Waals surface area contributed by atoms with E-state index in [0.717, 1.165) is 5.56 Å². The Morgan fingerprint density at radius 3 is 2.59 bits per heavy atom. The van der Waals surface area contributed by atoms with Crippen molar-refractivity contribution >= 4 is 29.6 Å². The van der Waals surface area contributed by atoms with E-state index in [-0.39, 0.29) is 12.3 Å². The Kier molecular flexibility index (Phi) is 8.43. The predicted octanol–water partition coefficient (Wildman–Crippen LogP) is 4.26. The molecule has 0 fully saturated rings. The average molecular weight is 486 g/mol. The van der Waals surface area contributed by atoms with Gasteiger partial charge in [0.15, 0.2) is 18.2 Å². The van der Waals surface area contributed by atoms with Gasteiger partial charge in [-0.2, -0.15) is 5.10 Å². The second kappa shape index (κ2) is 11.5. The summed E-state index contributed by atoms with van der Waals surface area (Å²) in [5, 5.41) is 4.82. The first kappa shape index (κ1) is 25.0. The van der Waals surface area contributed by atoms with Crippen LogP contribution in [0.25, 0.3) is 6.08 Å². The molecule has 1 heterocycles. The summed E-state index contributed by atoms with van der Waals surface area (Å²) >= 11 is 6.44. The lowest BCUT2D eigenvalue weighted by Crippen LogP contribution is -2.30. The van der Waals surface area contributed by atoms with Gasteiger partial charge in [-0.3, -0.25) is 4.79 Å². The first-order valence-electron chi connectivity index (χ1n) is 10.5. The first-order chi connectivity index (χ1) is 16.3. The average Bonchev–Trinajstić information content (AvgIpc) is 3.08.